The first-order chi connectivity index (χ1) is 10.7. The fourth-order valence-electron chi connectivity index (χ4n) is 1.55. The number of hydrogen-bond acceptors (Lipinski definition) is 5. The van der Waals surface area contributed by atoms with Gasteiger partial charge in [-0.15, -0.1) is 13.2 Å². The highest BCUT2D eigenvalue weighted by atomic mass is 32.2. The van der Waals surface area contributed by atoms with Crippen molar-refractivity contribution in [3.63, 3.8) is 0 Å². The van der Waals surface area contributed by atoms with Crippen molar-refractivity contribution in [3.8, 4) is 0 Å². The highest BCUT2D eigenvalue weighted by Crippen LogP contribution is 2.21. The minimum Gasteiger partial charge on any atom is -0.330 e. The smallest absolute Gasteiger partial charge is 0.330 e. The quantitative estimate of drug-likeness (QED) is 0.467. The van der Waals surface area contributed by atoms with Gasteiger partial charge in [-0.25, -0.2) is 8.42 Å². The zero-order valence-corrected chi connectivity index (χ0v) is 14.0. The summed E-state index contributed by atoms with van der Waals surface area (Å²) in [6.07, 6.45) is -4.00. The highest BCUT2D eigenvalue weighted by Gasteiger charge is 2.30. The van der Waals surface area contributed by atoms with E-state index in [9.17, 15) is 21.6 Å². The maximum Gasteiger partial charge on any atom is 0.524 e. The zero-order chi connectivity index (χ0) is 17.3. The van der Waals surface area contributed by atoms with Crippen LogP contribution in [-0.2, 0) is 19.5 Å². The molecule has 0 aliphatic rings. The van der Waals surface area contributed by atoms with E-state index in [1.807, 2.05) is 6.26 Å². The number of benzene rings is 1. The first-order valence-corrected chi connectivity index (χ1v) is 9.55. The largest absolute Gasteiger partial charge is 0.524 e. The van der Waals surface area contributed by atoms with Crippen molar-refractivity contribution < 1.29 is 31.1 Å². The third kappa shape index (κ3) is 9.16. The van der Waals surface area contributed by atoms with E-state index in [2.05, 4.69) is 9.46 Å². The van der Waals surface area contributed by atoms with Gasteiger partial charge in [0.25, 0.3) is 0 Å². The van der Waals surface area contributed by atoms with Crippen LogP contribution in [0.1, 0.15) is 18.2 Å². The Kier molecular flexibility index (Phi) is 8.34. The van der Waals surface area contributed by atoms with Crippen LogP contribution in [-0.4, -0.2) is 39.3 Å². The number of thioether (sulfide) groups is 1. The monoisotopic (exact) mass is 372 g/mol. The van der Waals surface area contributed by atoms with Crippen LogP contribution in [0.2, 0.25) is 0 Å². The van der Waals surface area contributed by atoms with Crippen LogP contribution in [0.5, 0.6) is 0 Å². The molecule has 1 radical (unpaired) electrons. The van der Waals surface area contributed by atoms with Crippen molar-refractivity contribution >= 4 is 21.8 Å². The van der Waals surface area contributed by atoms with Crippen LogP contribution in [0.15, 0.2) is 30.3 Å². The molecule has 0 fully saturated rings. The lowest BCUT2D eigenvalue weighted by atomic mass is 10.2. The van der Waals surface area contributed by atoms with Crippen molar-refractivity contribution in [2.45, 2.75) is 19.0 Å². The number of alkyl halides is 3. The Morgan fingerprint density at radius 2 is 1.91 bits per heavy atom. The minimum atomic E-state index is -4.86. The van der Waals surface area contributed by atoms with Gasteiger partial charge in [0.2, 0.25) is 10.0 Å². The SMILES string of the molecule is CSCCCS(=O)(=O)[N]C(OCOC(F)(F)F)c1ccccc1. The van der Waals surface area contributed by atoms with Crippen LogP contribution in [0.4, 0.5) is 13.2 Å². The third-order valence-electron chi connectivity index (χ3n) is 2.54. The molecular formula is C13H17F3NO4S2. The molecule has 1 aromatic rings. The second-order valence-electron chi connectivity index (χ2n) is 4.38. The van der Waals surface area contributed by atoms with Gasteiger partial charge < -0.3 is 4.74 Å². The Bertz CT molecular complexity index is 552. The molecular weight excluding hydrogens is 355 g/mol. The predicted molar refractivity (Wildman–Crippen MR) is 81.2 cm³/mol. The van der Waals surface area contributed by atoms with Crippen LogP contribution in [0.25, 0.3) is 0 Å². The molecule has 1 rings (SSSR count). The van der Waals surface area contributed by atoms with Gasteiger partial charge in [-0.05, 0) is 24.0 Å². The van der Waals surface area contributed by atoms with Crippen molar-refractivity contribution in [3.05, 3.63) is 35.9 Å². The number of hydrogen-bond donors (Lipinski definition) is 0. The Morgan fingerprint density at radius 3 is 2.48 bits per heavy atom. The summed E-state index contributed by atoms with van der Waals surface area (Å²) in [5, 5.41) is 0. The normalized spacial score (nSPS) is 13.9. The van der Waals surface area contributed by atoms with Crippen molar-refractivity contribution in [2.75, 3.05) is 24.6 Å². The number of nitrogens with zero attached hydrogens (tertiary/aromatic N) is 1. The molecule has 131 valence electrons. The average Bonchev–Trinajstić information content (AvgIpc) is 2.46. The van der Waals surface area contributed by atoms with E-state index < -0.39 is 29.4 Å². The second-order valence-corrected chi connectivity index (χ2v) is 7.14. The molecule has 0 aliphatic heterocycles. The molecule has 23 heavy (non-hydrogen) atoms. The Morgan fingerprint density at radius 1 is 1.26 bits per heavy atom. The Hall–Kier alpha value is -0.810. The molecule has 0 N–H and O–H groups in total. The standard InChI is InChI=1S/C13H17F3NO4S2/c1-22-8-5-9-23(18,19)17-12(11-6-3-2-4-7-11)20-10-21-13(14,15)16/h2-4,6-7,12H,5,8-10H2,1H3. The Labute approximate surface area is 137 Å². The minimum absolute atomic E-state index is 0.194. The van der Waals surface area contributed by atoms with Gasteiger partial charge in [0, 0.05) is 0 Å². The van der Waals surface area contributed by atoms with Crippen LogP contribution < -0.4 is 4.72 Å². The second kappa shape index (κ2) is 9.48. The van der Waals surface area contributed by atoms with Crippen molar-refractivity contribution in [1.82, 2.24) is 4.72 Å². The molecule has 0 saturated carbocycles. The molecule has 0 aromatic heterocycles. The summed E-state index contributed by atoms with van der Waals surface area (Å²) < 4.78 is 71.8. The summed E-state index contributed by atoms with van der Waals surface area (Å²) in [6.45, 7) is -1.15. The maximum absolute atomic E-state index is 12.0. The number of rotatable bonds is 10. The molecule has 0 heterocycles. The fraction of sp³-hybridized carbons (Fsp3) is 0.538. The van der Waals surface area contributed by atoms with E-state index in [4.69, 9.17) is 4.74 Å². The molecule has 1 atom stereocenters. The first kappa shape index (κ1) is 20.2. The summed E-state index contributed by atoms with van der Waals surface area (Å²) in [6, 6.07) is 7.91. The van der Waals surface area contributed by atoms with E-state index in [1.165, 1.54) is 23.9 Å². The summed E-state index contributed by atoms with van der Waals surface area (Å²) in [5.74, 6) is 0.448. The molecule has 0 bridgehead atoms. The summed E-state index contributed by atoms with van der Waals surface area (Å²) in [5.41, 5.74) is 0.326. The average molecular weight is 372 g/mol. The van der Waals surface area contributed by atoms with Gasteiger partial charge in [0.15, 0.2) is 13.0 Å². The lowest BCUT2D eigenvalue weighted by Gasteiger charge is -2.18. The molecule has 1 aromatic carbocycles. The van der Waals surface area contributed by atoms with Crippen molar-refractivity contribution in [2.24, 2.45) is 0 Å². The van der Waals surface area contributed by atoms with Crippen molar-refractivity contribution in [1.29, 1.82) is 0 Å². The maximum atomic E-state index is 12.0. The summed E-state index contributed by atoms with van der Waals surface area (Å²) in [7, 11) is -3.82. The number of sulfonamides is 1. The van der Waals surface area contributed by atoms with E-state index >= 15 is 0 Å². The van der Waals surface area contributed by atoms with E-state index in [0.717, 1.165) is 0 Å². The molecule has 10 heteroatoms. The third-order valence-corrected chi connectivity index (χ3v) is 4.55. The molecule has 1 unspecified atom stereocenters. The molecule has 5 nitrogen and oxygen atoms in total. The zero-order valence-electron chi connectivity index (χ0n) is 12.3. The van der Waals surface area contributed by atoms with Crippen LogP contribution in [0.3, 0.4) is 0 Å². The van der Waals surface area contributed by atoms with E-state index in [1.54, 1.807) is 18.2 Å². The van der Waals surface area contributed by atoms with Gasteiger partial charge in [-0.3, -0.25) is 4.74 Å². The number of halogens is 3. The summed E-state index contributed by atoms with van der Waals surface area (Å²) >= 11 is 1.49. The molecule has 0 saturated heterocycles. The van der Waals surface area contributed by atoms with Crippen LogP contribution >= 0.6 is 11.8 Å². The highest BCUT2D eigenvalue weighted by molar-refractivity contribution is 7.98. The van der Waals surface area contributed by atoms with Gasteiger partial charge in [0.05, 0.1) is 5.75 Å². The molecule has 0 amide bonds. The fourth-order valence-corrected chi connectivity index (χ4v) is 3.26. The lowest BCUT2D eigenvalue weighted by Crippen LogP contribution is -2.28. The van der Waals surface area contributed by atoms with E-state index in [-0.39, 0.29) is 5.75 Å². The molecule has 0 spiro atoms. The van der Waals surface area contributed by atoms with Gasteiger partial charge >= 0.3 is 6.36 Å². The molecule has 0 aliphatic carbocycles. The Balaban J connectivity index is 2.72. The summed E-state index contributed by atoms with van der Waals surface area (Å²) in [4.78, 5) is 0. The van der Waals surface area contributed by atoms with Gasteiger partial charge in [0.1, 0.15) is 0 Å². The van der Waals surface area contributed by atoms with Gasteiger partial charge in [-0.2, -0.15) is 11.8 Å². The number of ether oxygens (including phenoxy) is 2. The predicted octanol–water partition coefficient (Wildman–Crippen LogP) is 2.88. The topological polar surface area (TPSA) is 66.7 Å². The van der Waals surface area contributed by atoms with Gasteiger partial charge in [-0.1, -0.05) is 35.1 Å². The van der Waals surface area contributed by atoms with Crippen LogP contribution in [0, 0.1) is 0 Å². The van der Waals surface area contributed by atoms with E-state index in [0.29, 0.717) is 17.7 Å². The first-order valence-electron chi connectivity index (χ1n) is 6.54. The lowest BCUT2D eigenvalue weighted by molar-refractivity contribution is -0.354.